The third kappa shape index (κ3) is 4.22. The number of nitriles is 1. The number of methoxy groups -OCH3 is 1. The van der Waals surface area contributed by atoms with Crippen LogP contribution in [0.15, 0.2) is 18.2 Å². The summed E-state index contributed by atoms with van der Waals surface area (Å²) in [4.78, 5) is 0. The zero-order valence-electron chi connectivity index (χ0n) is 12.0. The number of benzene rings is 1. The minimum Gasteiger partial charge on any atom is -0.495 e. The van der Waals surface area contributed by atoms with E-state index in [9.17, 15) is 0 Å². The van der Waals surface area contributed by atoms with E-state index in [0.717, 1.165) is 25.3 Å². The molecule has 4 nitrogen and oxygen atoms in total. The number of hydrogen-bond acceptors (Lipinski definition) is 4. The van der Waals surface area contributed by atoms with Crippen molar-refractivity contribution in [1.82, 2.24) is 5.32 Å². The summed E-state index contributed by atoms with van der Waals surface area (Å²) in [5.74, 6) is 0.633. The Morgan fingerprint density at radius 2 is 2.15 bits per heavy atom. The van der Waals surface area contributed by atoms with Crippen LogP contribution >= 0.6 is 0 Å². The summed E-state index contributed by atoms with van der Waals surface area (Å²) < 4.78 is 11.0. The van der Waals surface area contributed by atoms with Crippen LogP contribution in [0, 0.1) is 11.3 Å². The minimum atomic E-state index is 0.479. The number of hydrogen-bond donors (Lipinski definition) is 1. The topological polar surface area (TPSA) is 54.3 Å². The van der Waals surface area contributed by atoms with Crippen LogP contribution in [-0.2, 0) is 11.3 Å². The lowest BCUT2D eigenvalue weighted by Gasteiger charge is -2.12. The van der Waals surface area contributed by atoms with Gasteiger partial charge >= 0.3 is 0 Å². The molecule has 0 bridgehead atoms. The van der Waals surface area contributed by atoms with Gasteiger partial charge in [-0.1, -0.05) is 18.9 Å². The van der Waals surface area contributed by atoms with Gasteiger partial charge in [-0.15, -0.1) is 0 Å². The number of ether oxygens (including phenoxy) is 2. The van der Waals surface area contributed by atoms with E-state index in [2.05, 4.69) is 11.4 Å². The maximum absolute atomic E-state index is 8.93. The van der Waals surface area contributed by atoms with E-state index in [4.69, 9.17) is 14.7 Å². The molecule has 1 aliphatic carbocycles. The highest BCUT2D eigenvalue weighted by molar-refractivity contribution is 5.45. The molecule has 1 saturated carbocycles. The van der Waals surface area contributed by atoms with E-state index in [-0.39, 0.29) is 0 Å². The van der Waals surface area contributed by atoms with Crippen molar-refractivity contribution < 1.29 is 9.47 Å². The molecule has 0 aromatic heterocycles. The fraction of sp³-hybridized carbons (Fsp3) is 0.562. The van der Waals surface area contributed by atoms with Gasteiger partial charge in [0.1, 0.15) is 11.8 Å². The van der Waals surface area contributed by atoms with Gasteiger partial charge in [-0.25, -0.2) is 0 Å². The Bertz CT molecular complexity index is 462. The van der Waals surface area contributed by atoms with Crippen molar-refractivity contribution in [3.63, 3.8) is 0 Å². The van der Waals surface area contributed by atoms with E-state index >= 15 is 0 Å². The highest BCUT2D eigenvalue weighted by atomic mass is 16.5. The third-order valence-electron chi connectivity index (χ3n) is 3.65. The Kier molecular flexibility index (Phi) is 5.85. The maximum Gasteiger partial charge on any atom is 0.136 e. The van der Waals surface area contributed by atoms with Crippen LogP contribution in [0.1, 0.15) is 36.8 Å². The van der Waals surface area contributed by atoms with Gasteiger partial charge in [0.05, 0.1) is 25.4 Å². The van der Waals surface area contributed by atoms with E-state index in [0.29, 0.717) is 17.4 Å². The van der Waals surface area contributed by atoms with Gasteiger partial charge in [-0.3, -0.25) is 0 Å². The molecule has 0 aliphatic heterocycles. The molecule has 0 unspecified atom stereocenters. The van der Waals surface area contributed by atoms with Crippen LogP contribution < -0.4 is 10.1 Å². The molecule has 0 heterocycles. The van der Waals surface area contributed by atoms with Gasteiger partial charge in [0.15, 0.2) is 0 Å². The zero-order valence-corrected chi connectivity index (χ0v) is 12.0. The first-order valence-electron chi connectivity index (χ1n) is 7.23. The number of nitrogens with one attached hydrogen (secondary N) is 1. The molecule has 1 aromatic rings. The van der Waals surface area contributed by atoms with Crippen molar-refractivity contribution in [2.45, 2.75) is 38.3 Å². The van der Waals surface area contributed by atoms with Gasteiger partial charge in [-0.05, 0) is 30.5 Å². The molecule has 0 radical (unpaired) electrons. The van der Waals surface area contributed by atoms with Crippen molar-refractivity contribution in [1.29, 1.82) is 5.26 Å². The highest BCUT2D eigenvalue weighted by Gasteiger charge is 2.14. The van der Waals surface area contributed by atoms with E-state index in [1.807, 2.05) is 12.1 Å². The van der Waals surface area contributed by atoms with Crippen LogP contribution in [0.25, 0.3) is 0 Å². The van der Waals surface area contributed by atoms with Crippen molar-refractivity contribution in [3.05, 3.63) is 29.3 Å². The molecule has 4 heteroatoms. The molecule has 1 aromatic carbocycles. The fourth-order valence-corrected chi connectivity index (χ4v) is 2.52. The molecule has 1 aliphatic rings. The van der Waals surface area contributed by atoms with Gasteiger partial charge in [0, 0.05) is 13.1 Å². The largest absolute Gasteiger partial charge is 0.495 e. The lowest BCUT2D eigenvalue weighted by Crippen LogP contribution is -2.21. The number of rotatable bonds is 7. The maximum atomic E-state index is 8.93. The second-order valence-corrected chi connectivity index (χ2v) is 5.10. The Labute approximate surface area is 120 Å². The second kappa shape index (κ2) is 7.88. The normalized spacial score (nSPS) is 15.2. The zero-order chi connectivity index (χ0) is 14.2. The second-order valence-electron chi connectivity index (χ2n) is 5.10. The molecule has 0 amide bonds. The van der Waals surface area contributed by atoms with Crippen molar-refractivity contribution in [3.8, 4) is 11.8 Å². The summed E-state index contributed by atoms with van der Waals surface area (Å²) in [5.41, 5.74) is 1.68. The molecule has 2 rings (SSSR count). The van der Waals surface area contributed by atoms with Gasteiger partial charge in [-0.2, -0.15) is 5.26 Å². The summed E-state index contributed by atoms with van der Waals surface area (Å²) in [6.07, 6.45) is 5.53. The van der Waals surface area contributed by atoms with Crippen LogP contribution in [0.2, 0.25) is 0 Å². The first kappa shape index (κ1) is 14.8. The molecule has 20 heavy (non-hydrogen) atoms. The molecule has 108 valence electrons. The van der Waals surface area contributed by atoms with Crippen LogP contribution in [0.4, 0.5) is 0 Å². The molecular formula is C16H22N2O2. The smallest absolute Gasteiger partial charge is 0.136 e. The molecular weight excluding hydrogens is 252 g/mol. The summed E-state index contributed by atoms with van der Waals surface area (Å²) in [5, 5.41) is 12.3. The highest BCUT2D eigenvalue weighted by Crippen LogP contribution is 2.21. The summed E-state index contributed by atoms with van der Waals surface area (Å²) >= 11 is 0. The lowest BCUT2D eigenvalue weighted by molar-refractivity contribution is 0.0603. The Morgan fingerprint density at radius 1 is 1.35 bits per heavy atom. The predicted octanol–water partition coefficient (Wildman–Crippen LogP) is 2.62. The van der Waals surface area contributed by atoms with Gasteiger partial charge < -0.3 is 14.8 Å². The van der Waals surface area contributed by atoms with Crippen molar-refractivity contribution in [2.75, 3.05) is 20.3 Å². The van der Waals surface area contributed by atoms with E-state index < -0.39 is 0 Å². The summed E-state index contributed by atoms with van der Waals surface area (Å²) in [6.45, 7) is 2.37. The van der Waals surface area contributed by atoms with Gasteiger partial charge in [0.2, 0.25) is 0 Å². The predicted molar refractivity (Wildman–Crippen MR) is 77.6 cm³/mol. The van der Waals surface area contributed by atoms with Crippen molar-refractivity contribution in [2.24, 2.45) is 0 Å². The first-order chi connectivity index (χ1) is 9.83. The average molecular weight is 274 g/mol. The fourth-order valence-electron chi connectivity index (χ4n) is 2.52. The molecule has 1 fully saturated rings. The first-order valence-corrected chi connectivity index (χ1v) is 7.23. The quantitative estimate of drug-likeness (QED) is 0.777. The van der Waals surface area contributed by atoms with Crippen LogP contribution in [0.5, 0.6) is 5.75 Å². The molecule has 1 N–H and O–H groups in total. The van der Waals surface area contributed by atoms with Crippen LogP contribution in [-0.4, -0.2) is 26.4 Å². The SMILES string of the molecule is COc1cc(CNCCOC2CCCC2)ccc1C#N. The Balaban J connectivity index is 1.69. The lowest BCUT2D eigenvalue weighted by atomic mass is 10.1. The van der Waals surface area contributed by atoms with Crippen LogP contribution in [0.3, 0.4) is 0 Å². The summed E-state index contributed by atoms with van der Waals surface area (Å²) in [6, 6.07) is 7.77. The Hall–Kier alpha value is -1.57. The molecule has 0 saturated heterocycles. The number of nitrogens with zero attached hydrogens (tertiary/aromatic N) is 1. The minimum absolute atomic E-state index is 0.479. The molecule has 0 atom stereocenters. The van der Waals surface area contributed by atoms with E-state index in [1.54, 1.807) is 13.2 Å². The van der Waals surface area contributed by atoms with Crippen molar-refractivity contribution >= 4 is 0 Å². The Morgan fingerprint density at radius 3 is 2.85 bits per heavy atom. The summed E-state index contributed by atoms with van der Waals surface area (Å²) in [7, 11) is 1.59. The molecule has 0 spiro atoms. The standard InChI is InChI=1S/C16H22N2O2/c1-19-16-10-13(6-7-14(16)11-17)12-18-8-9-20-15-4-2-3-5-15/h6-7,10,15,18H,2-5,8-9,12H2,1H3. The van der Waals surface area contributed by atoms with E-state index in [1.165, 1.54) is 25.7 Å². The van der Waals surface area contributed by atoms with Gasteiger partial charge in [0.25, 0.3) is 0 Å². The monoisotopic (exact) mass is 274 g/mol. The third-order valence-corrected chi connectivity index (χ3v) is 3.65. The average Bonchev–Trinajstić information content (AvgIpc) is 3.00.